The molecule has 0 aliphatic carbocycles. The summed E-state index contributed by atoms with van der Waals surface area (Å²) in [4.78, 5) is 24.0. The fourth-order valence-corrected chi connectivity index (χ4v) is 4.39. The molecule has 2 aromatic heterocycles. The van der Waals surface area contributed by atoms with E-state index >= 15 is 0 Å². The summed E-state index contributed by atoms with van der Waals surface area (Å²) in [5.74, 6) is 1.25. The van der Waals surface area contributed by atoms with Crippen molar-refractivity contribution in [1.29, 1.82) is 0 Å². The lowest BCUT2D eigenvalue weighted by atomic mass is 10.1. The summed E-state index contributed by atoms with van der Waals surface area (Å²) >= 11 is 0. The van der Waals surface area contributed by atoms with Gasteiger partial charge in [-0.25, -0.2) is 9.97 Å². The van der Waals surface area contributed by atoms with Crippen molar-refractivity contribution in [1.82, 2.24) is 19.4 Å². The molecule has 0 unspecified atom stereocenters. The number of unbranched alkanes of at least 4 members (excludes halogenated alkanes) is 1. The van der Waals surface area contributed by atoms with E-state index in [2.05, 4.69) is 52.1 Å². The predicted molar refractivity (Wildman–Crippen MR) is 150 cm³/mol. The van der Waals surface area contributed by atoms with E-state index in [1.54, 1.807) is 19.4 Å². The van der Waals surface area contributed by atoms with Gasteiger partial charge in [0.25, 0.3) is 0 Å². The molecular formula is C30H35N5O2. The Bertz CT molecular complexity index is 1390. The molecule has 0 saturated heterocycles. The molecule has 7 nitrogen and oxygen atoms in total. The number of nitrogens with one attached hydrogen (secondary N) is 1. The van der Waals surface area contributed by atoms with Crippen LogP contribution in [0.15, 0.2) is 73.1 Å². The summed E-state index contributed by atoms with van der Waals surface area (Å²) in [6.07, 6.45) is 10.2. The zero-order valence-corrected chi connectivity index (χ0v) is 22.1. The van der Waals surface area contributed by atoms with Crippen molar-refractivity contribution in [2.24, 2.45) is 7.05 Å². The smallest absolute Gasteiger partial charge is 0.248 e. The molecule has 37 heavy (non-hydrogen) atoms. The number of aryl methyl sites for hydroxylation is 1. The number of benzene rings is 2. The van der Waals surface area contributed by atoms with Crippen molar-refractivity contribution in [2.75, 3.05) is 32.6 Å². The third kappa shape index (κ3) is 6.62. The number of amides is 1. The number of carbonyl (C=O) groups excluding carboxylic acids is 1. The lowest BCUT2D eigenvalue weighted by Gasteiger charge is -2.13. The topological polar surface area (TPSA) is 72.3 Å². The minimum absolute atomic E-state index is 0.158. The van der Waals surface area contributed by atoms with E-state index in [0.717, 1.165) is 59.4 Å². The average molecular weight is 498 g/mol. The van der Waals surface area contributed by atoms with Crippen molar-refractivity contribution in [2.45, 2.75) is 26.2 Å². The monoisotopic (exact) mass is 497 g/mol. The second-order valence-corrected chi connectivity index (χ2v) is 9.24. The Labute approximate surface area is 218 Å². The summed E-state index contributed by atoms with van der Waals surface area (Å²) in [6, 6.07) is 15.9. The summed E-state index contributed by atoms with van der Waals surface area (Å²) in [5.41, 5.74) is 4.71. The quantitative estimate of drug-likeness (QED) is 0.279. The van der Waals surface area contributed by atoms with Gasteiger partial charge in [-0.1, -0.05) is 37.6 Å². The fourth-order valence-electron chi connectivity index (χ4n) is 4.39. The molecule has 0 fully saturated rings. The van der Waals surface area contributed by atoms with E-state index in [9.17, 15) is 4.79 Å². The standard InChI is InChI=1S/C30H35N5O2/c1-5-6-17-34(2)18-9-12-30(36)32-23-13-14-28(37-4)22(19-23)20-29-31-16-15-26(33-29)25-21-35(3)27-11-8-7-10-24(25)27/h7-16,19,21H,5-6,17-18,20H2,1-4H3,(H,32,36)/b12-9+. The van der Waals surface area contributed by atoms with E-state index in [0.29, 0.717) is 17.9 Å². The van der Waals surface area contributed by atoms with Gasteiger partial charge in [-0.2, -0.15) is 0 Å². The van der Waals surface area contributed by atoms with Gasteiger partial charge in [0.2, 0.25) is 5.91 Å². The van der Waals surface area contributed by atoms with Gasteiger partial charge in [0.1, 0.15) is 11.6 Å². The van der Waals surface area contributed by atoms with Crippen LogP contribution in [-0.2, 0) is 18.3 Å². The van der Waals surface area contributed by atoms with Gasteiger partial charge in [0.15, 0.2) is 0 Å². The highest BCUT2D eigenvalue weighted by molar-refractivity contribution is 5.99. The molecule has 4 rings (SSSR count). The van der Waals surface area contributed by atoms with E-state index in [-0.39, 0.29) is 5.91 Å². The molecule has 2 heterocycles. The Balaban J connectivity index is 1.49. The number of fused-ring (bicyclic) bond motifs is 1. The number of nitrogens with zero attached hydrogens (tertiary/aromatic N) is 4. The molecule has 4 aromatic rings. The first-order valence-electron chi connectivity index (χ1n) is 12.7. The van der Waals surface area contributed by atoms with Gasteiger partial charge in [0, 0.05) is 66.2 Å². The Kier molecular flexibility index (Phi) is 8.69. The normalized spacial score (nSPS) is 11.5. The number of methoxy groups -OCH3 is 1. The van der Waals surface area contributed by atoms with E-state index < -0.39 is 0 Å². The van der Waals surface area contributed by atoms with Crippen LogP contribution in [0.3, 0.4) is 0 Å². The third-order valence-electron chi connectivity index (χ3n) is 6.35. The molecular weight excluding hydrogens is 462 g/mol. The van der Waals surface area contributed by atoms with Crippen molar-refractivity contribution in [3.05, 3.63) is 84.5 Å². The molecule has 0 aliphatic rings. The molecule has 192 valence electrons. The number of hydrogen-bond acceptors (Lipinski definition) is 5. The minimum Gasteiger partial charge on any atom is -0.496 e. The molecule has 0 saturated carbocycles. The molecule has 0 aliphatic heterocycles. The van der Waals surface area contributed by atoms with Gasteiger partial charge in [-0.3, -0.25) is 4.79 Å². The van der Waals surface area contributed by atoms with Crippen molar-refractivity contribution >= 4 is 22.5 Å². The third-order valence-corrected chi connectivity index (χ3v) is 6.35. The van der Waals surface area contributed by atoms with Gasteiger partial charge in [-0.05, 0) is 50.3 Å². The van der Waals surface area contributed by atoms with Crippen LogP contribution >= 0.6 is 0 Å². The molecule has 1 N–H and O–H groups in total. The van der Waals surface area contributed by atoms with Crippen LogP contribution < -0.4 is 10.1 Å². The molecule has 1 amide bonds. The number of anilines is 1. The maximum Gasteiger partial charge on any atom is 0.248 e. The number of rotatable bonds is 11. The second kappa shape index (κ2) is 12.3. The number of hydrogen-bond donors (Lipinski definition) is 1. The van der Waals surface area contributed by atoms with Crippen molar-refractivity contribution in [3.63, 3.8) is 0 Å². The van der Waals surface area contributed by atoms with Crippen molar-refractivity contribution < 1.29 is 9.53 Å². The maximum absolute atomic E-state index is 12.5. The zero-order valence-electron chi connectivity index (χ0n) is 22.1. The molecule has 0 bridgehead atoms. The highest BCUT2D eigenvalue weighted by Crippen LogP contribution is 2.29. The Morgan fingerprint density at radius 2 is 2.03 bits per heavy atom. The van der Waals surface area contributed by atoms with E-state index in [1.165, 1.54) is 0 Å². The SMILES string of the molecule is CCCCN(C)C/C=C/C(=O)Nc1ccc(OC)c(Cc2nccc(-c3cn(C)c4ccccc34)n2)c1. The lowest BCUT2D eigenvalue weighted by Crippen LogP contribution is -2.19. The number of likely N-dealkylation sites (N-methyl/N-ethyl adjacent to an activating group) is 1. The largest absolute Gasteiger partial charge is 0.496 e. The number of ether oxygens (including phenoxy) is 1. The zero-order chi connectivity index (χ0) is 26.2. The fraction of sp³-hybridized carbons (Fsp3) is 0.300. The van der Waals surface area contributed by atoms with Gasteiger partial charge >= 0.3 is 0 Å². The van der Waals surface area contributed by atoms with Crippen LogP contribution in [0.25, 0.3) is 22.2 Å². The van der Waals surface area contributed by atoms with Gasteiger partial charge < -0.3 is 19.5 Å². The lowest BCUT2D eigenvalue weighted by molar-refractivity contribution is -0.111. The van der Waals surface area contributed by atoms with Crippen molar-refractivity contribution in [3.8, 4) is 17.0 Å². The molecule has 0 spiro atoms. The van der Waals surface area contributed by atoms with Crippen LogP contribution in [0.1, 0.15) is 31.2 Å². The van der Waals surface area contributed by atoms with Crippen LogP contribution in [0.4, 0.5) is 5.69 Å². The van der Waals surface area contributed by atoms with Crippen LogP contribution in [-0.4, -0.2) is 52.6 Å². The summed E-state index contributed by atoms with van der Waals surface area (Å²) < 4.78 is 7.70. The number of aromatic nitrogens is 3. The highest BCUT2D eigenvalue weighted by Gasteiger charge is 2.13. The molecule has 2 aromatic carbocycles. The molecule has 0 radical (unpaired) electrons. The van der Waals surface area contributed by atoms with E-state index in [1.807, 2.05) is 49.5 Å². The number of carbonyl (C=O) groups is 1. The van der Waals surface area contributed by atoms with Crippen LogP contribution in [0.5, 0.6) is 5.75 Å². The maximum atomic E-state index is 12.5. The van der Waals surface area contributed by atoms with Crippen LogP contribution in [0.2, 0.25) is 0 Å². The minimum atomic E-state index is -0.158. The first-order chi connectivity index (χ1) is 18.0. The predicted octanol–water partition coefficient (Wildman–Crippen LogP) is 5.46. The van der Waals surface area contributed by atoms with Gasteiger partial charge in [-0.15, -0.1) is 0 Å². The molecule has 7 heteroatoms. The Morgan fingerprint density at radius 3 is 2.84 bits per heavy atom. The first-order valence-corrected chi connectivity index (χ1v) is 12.7. The van der Waals surface area contributed by atoms with Gasteiger partial charge in [0.05, 0.1) is 12.8 Å². The second-order valence-electron chi connectivity index (χ2n) is 9.24. The summed E-state index contributed by atoms with van der Waals surface area (Å²) in [6.45, 7) is 3.94. The Morgan fingerprint density at radius 1 is 1.19 bits per heavy atom. The highest BCUT2D eigenvalue weighted by atomic mass is 16.5. The summed E-state index contributed by atoms with van der Waals surface area (Å²) in [5, 5.41) is 4.11. The Hall–Kier alpha value is -3.97. The average Bonchev–Trinajstić information content (AvgIpc) is 3.24. The van der Waals surface area contributed by atoms with E-state index in [4.69, 9.17) is 9.72 Å². The van der Waals surface area contributed by atoms with Crippen LogP contribution in [0, 0.1) is 0 Å². The molecule has 0 atom stereocenters. The first kappa shape index (κ1) is 26.1. The number of para-hydroxylation sites is 1. The summed E-state index contributed by atoms with van der Waals surface area (Å²) in [7, 11) is 5.74.